The topological polar surface area (TPSA) is 29.1 Å². The van der Waals surface area contributed by atoms with Crippen LogP contribution < -0.4 is 5.32 Å². The third kappa shape index (κ3) is 11.4. The highest BCUT2D eigenvalue weighted by Crippen LogP contribution is 2.05. The van der Waals surface area contributed by atoms with Gasteiger partial charge in [0.25, 0.3) is 0 Å². The maximum Gasteiger partial charge on any atom is 0.220 e. The third-order valence-electron chi connectivity index (χ3n) is 2.48. The molecule has 0 bridgehead atoms. The quantitative estimate of drug-likeness (QED) is 0.616. The Morgan fingerprint density at radius 3 is 2.20 bits per heavy atom. The Balaban J connectivity index is 0. The van der Waals surface area contributed by atoms with E-state index in [0.29, 0.717) is 12.3 Å². The van der Waals surface area contributed by atoms with E-state index in [1.807, 2.05) is 0 Å². The highest BCUT2D eigenvalue weighted by molar-refractivity contribution is 5.75. The first-order valence-electron chi connectivity index (χ1n) is 6.29. The summed E-state index contributed by atoms with van der Waals surface area (Å²) in [6.45, 7) is 9.62. The number of unbranched alkanes of at least 4 members (excludes halogenated alkanes) is 1. The van der Waals surface area contributed by atoms with Crippen molar-refractivity contribution in [1.29, 1.82) is 0 Å². The fraction of sp³-hybridized carbons (Fsp3) is 0.923. The molecular weight excluding hydrogens is 186 g/mol. The minimum absolute atomic E-state index is 0. The second-order valence-electron chi connectivity index (χ2n) is 5.17. The lowest BCUT2D eigenvalue weighted by Crippen LogP contribution is -2.24. The average molecular weight is 215 g/mol. The summed E-state index contributed by atoms with van der Waals surface area (Å²) in [6, 6.07) is 0. The zero-order valence-corrected chi connectivity index (χ0v) is 10.8. The molecule has 2 heteroatoms. The van der Waals surface area contributed by atoms with Gasteiger partial charge in [0.2, 0.25) is 5.91 Å². The number of carbonyl (C=O) groups is 1. The van der Waals surface area contributed by atoms with E-state index in [2.05, 4.69) is 33.0 Å². The van der Waals surface area contributed by atoms with Crippen LogP contribution in [0.15, 0.2) is 0 Å². The second-order valence-corrected chi connectivity index (χ2v) is 5.17. The average Bonchev–Trinajstić information content (AvgIpc) is 2.13. The molecule has 0 radical (unpaired) electrons. The molecule has 0 aromatic rings. The van der Waals surface area contributed by atoms with Gasteiger partial charge in [-0.25, -0.2) is 0 Å². The van der Waals surface area contributed by atoms with Crippen LogP contribution in [0.4, 0.5) is 0 Å². The van der Waals surface area contributed by atoms with Crippen LogP contribution >= 0.6 is 0 Å². The minimum atomic E-state index is 0. The van der Waals surface area contributed by atoms with Crippen molar-refractivity contribution in [3.05, 3.63) is 0 Å². The Morgan fingerprint density at radius 2 is 1.67 bits per heavy atom. The van der Waals surface area contributed by atoms with Crippen molar-refractivity contribution >= 4 is 5.91 Å². The fourth-order valence-corrected chi connectivity index (χ4v) is 1.41. The number of nitrogens with one attached hydrogen (secondary N) is 1. The van der Waals surface area contributed by atoms with E-state index in [4.69, 9.17) is 0 Å². The SMILES string of the molecule is CC(C)CCCCNC(=O)CCC(C)C.[HH]. The molecule has 2 nitrogen and oxygen atoms in total. The van der Waals surface area contributed by atoms with Gasteiger partial charge in [-0.3, -0.25) is 4.79 Å². The van der Waals surface area contributed by atoms with Crippen molar-refractivity contribution in [2.75, 3.05) is 6.54 Å². The molecule has 0 heterocycles. The summed E-state index contributed by atoms with van der Waals surface area (Å²) in [7, 11) is 0. The maximum atomic E-state index is 11.3. The van der Waals surface area contributed by atoms with Crippen molar-refractivity contribution in [1.82, 2.24) is 5.32 Å². The Labute approximate surface area is 96.3 Å². The zero-order chi connectivity index (χ0) is 11.7. The molecule has 92 valence electrons. The Hall–Kier alpha value is -0.530. The van der Waals surface area contributed by atoms with Crippen LogP contribution in [0.5, 0.6) is 0 Å². The van der Waals surface area contributed by atoms with E-state index in [-0.39, 0.29) is 7.33 Å². The first kappa shape index (κ1) is 14.5. The molecule has 0 aliphatic rings. The summed E-state index contributed by atoms with van der Waals surface area (Å²) >= 11 is 0. The standard InChI is InChI=1S/C13H27NO.H2/c1-11(2)7-5-6-10-14-13(15)9-8-12(3)4;/h11-12H,5-10H2,1-4H3,(H,14,15);1H. The molecule has 0 aromatic heterocycles. The molecule has 0 saturated heterocycles. The molecule has 0 saturated carbocycles. The van der Waals surface area contributed by atoms with Crippen molar-refractivity contribution in [2.45, 2.75) is 59.8 Å². The van der Waals surface area contributed by atoms with Crippen molar-refractivity contribution < 1.29 is 6.22 Å². The summed E-state index contributed by atoms with van der Waals surface area (Å²) in [5, 5.41) is 2.97. The van der Waals surface area contributed by atoms with Gasteiger partial charge in [-0.1, -0.05) is 40.5 Å². The molecule has 1 amide bonds. The van der Waals surface area contributed by atoms with Gasteiger partial charge in [0.15, 0.2) is 0 Å². The van der Waals surface area contributed by atoms with Gasteiger partial charge in [-0.15, -0.1) is 0 Å². The lowest BCUT2D eigenvalue weighted by Gasteiger charge is -2.07. The lowest BCUT2D eigenvalue weighted by molar-refractivity contribution is -0.121. The monoisotopic (exact) mass is 215 g/mol. The van der Waals surface area contributed by atoms with Gasteiger partial charge < -0.3 is 5.32 Å². The third-order valence-corrected chi connectivity index (χ3v) is 2.48. The number of hydrogen-bond donors (Lipinski definition) is 1. The molecule has 0 aromatic carbocycles. The number of hydrogen-bond acceptors (Lipinski definition) is 1. The first-order chi connectivity index (χ1) is 7.02. The normalized spacial score (nSPS) is 11.1. The van der Waals surface area contributed by atoms with Crippen LogP contribution in [0.3, 0.4) is 0 Å². The van der Waals surface area contributed by atoms with Gasteiger partial charge in [0.05, 0.1) is 0 Å². The summed E-state index contributed by atoms with van der Waals surface area (Å²) in [4.78, 5) is 11.3. The van der Waals surface area contributed by atoms with E-state index in [9.17, 15) is 4.79 Å². The highest BCUT2D eigenvalue weighted by atomic mass is 16.1. The molecular formula is C13H29NO. The number of rotatable bonds is 8. The van der Waals surface area contributed by atoms with E-state index in [1.54, 1.807) is 0 Å². The van der Waals surface area contributed by atoms with Crippen LogP contribution in [-0.4, -0.2) is 12.5 Å². The number of amides is 1. The molecule has 0 rings (SSSR count). The van der Waals surface area contributed by atoms with Crippen LogP contribution in [-0.2, 0) is 4.79 Å². The fourth-order valence-electron chi connectivity index (χ4n) is 1.41. The summed E-state index contributed by atoms with van der Waals surface area (Å²) < 4.78 is 0. The largest absolute Gasteiger partial charge is 0.356 e. The van der Waals surface area contributed by atoms with E-state index in [0.717, 1.165) is 25.3 Å². The van der Waals surface area contributed by atoms with Crippen LogP contribution in [0, 0.1) is 11.8 Å². The zero-order valence-electron chi connectivity index (χ0n) is 10.8. The molecule has 0 aliphatic carbocycles. The Bertz CT molecular complexity index is 169. The molecule has 1 N–H and O–H groups in total. The summed E-state index contributed by atoms with van der Waals surface area (Å²) in [6.07, 6.45) is 5.29. The van der Waals surface area contributed by atoms with Gasteiger partial charge in [-0.2, -0.15) is 0 Å². The minimum Gasteiger partial charge on any atom is -0.356 e. The molecule has 0 unspecified atom stereocenters. The Kier molecular flexibility index (Phi) is 8.44. The van der Waals surface area contributed by atoms with Crippen molar-refractivity contribution in [3.8, 4) is 0 Å². The molecule has 15 heavy (non-hydrogen) atoms. The van der Waals surface area contributed by atoms with Gasteiger partial charge in [0, 0.05) is 14.4 Å². The van der Waals surface area contributed by atoms with E-state index < -0.39 is 0 Å². The lowest BCUT2D eigenvalue weighted by atomic mass is 10.1. The predicted molar refractivity (Wildman–Crippen MR) is 67.9 cm³/mol. The molecule has 0 fully saturated rings. The smallest absolute Gasteiger partial charge is 0.220 e. The van der Waals surface area contributed by atoms with Gasteiger partial charge in [0.1, 0.15) is 0 Å². The van der Waals surface area contributed by atoms with E-state index >= 15 is 0 Å². The molecule has 0 atom stereocenters. The summed E-state index contributed by atoms with van der Waals surface area (Å²) in [5.41, 5.74) is 0. The van der Waals surface area contributed by atoms with E-state index in [1.165, 1.54) is 12.8 Å². The second kappa shape index (κ2) is 8.75. The highest BCUT2D eigenvalue weighted by Gasteiger charge is 2.02. The van der Waals surface area contributed by atoms with Crippen LogP contribution in [0.2, 0.25) is 0 Å². The van der Waals surface area contributed by atoms with Crippen LogP contribution in [0.1, 0.15) is 61.2 Å². The predicted octanol–water partition coefficient (Wildman–Crippen LogP) is 3.61. The van der Waals surface area contributed by atoms with Crippen molar-refractivity contribution in [2.24, 2.45) is 11.8 Å². The van der Waals surface area contributed by atoms with Gasteiger partial charge in [-0.05, 0) is 24.7 Å². The summed E-state index contributed by atoms with van der Waals surface area (Å²) in [5.74, 6) is 1.62. The number of carbonyl (C=O) groups excluding carboxylic acids is 1. The maximum absolute atomic E-state index is 11.3. The van der Waals surface area contributed by atoms with Crippen molar-refractivity contribution in [3.63, 3.8) is 0 Å². The molecule has 0 aliphatic heterocycles. The first-order valence-corrected chi connectivity index (χ1v) is 6.29. The molecule has 0 spiro atoms. The van der Waals surface area contributed by atoms with Gasteiger partial charge >= 0.3 is 0 Å². The van der Waals surface area contributed by atoms with Crippen LogP contribution in [0.25, 0.3) is 0 Å². The Morgan fingerprint density at radius 1 is 1.07 bits per heavy atom.